The maximum atomic E-state index is 12.3. The van der Waals surface area contributed by atoms with Gasteiger partial charge in [-0.2, -0.15) is 0 Å². The largest absolute Gasteiger partial charge is 0.495 e. The molecule has 1 N–H and O–H groups in total. The number of methoxy groups -OCH3 is 1. The van der Waals surface area contributed by atoms with E-state index in [2.05, 4.69) is 10.3 Å². The van der Waals surface area contributed by atoms with Gasteiger partial charge in [-0.05, 0) is 18.6 Å². The number of hydrogen-bond acceptors (Lipinski definition) is 5. The average Bonchev–Trinajstić information content (AvgIpc) is 2.60. The number of rotatable bonds is 6. The van der Waals surface area contributed by atoms with Crippen molar-refractivity contribution in [2.75, 3.05) is 7.11 Å². The van der Waals surface area contributed by atoms with Crippen molar-refractivity contribution in [3.05, 3.63) is 59.9 Å². The van der Waals surface area contributed by atoms with E-state index in [1.54, 1.807) is 13.0 Å². The Balaban J connectivity index is 1.88. The molecule has 1 atom stereocenters. The first-order valence-electron chi connectivity index (χ1n) is 7.10. The number of carbonyl (C=O) groups excluding carboxylic acids is 2. The van der Waals surface area contributed by atoms with Crippen LogP contribution in [0.2, 0.25) is 0 Å². The lowest BCUT2D eigenvalue weighted by Crippen LogP contribution is -2.38. The fraction of sp³-hybridized carbons (Fsp3) is 0.235. The van der Waals surface area contributed by atoms with Gasteiger partial charge in [0.2, 0.25) is 0 Å². The van der Waals surface area contributed by atoms with E-state index in [1.165, 1.54) is 19.5 Å². The quantitative estimate of drug-likeness (QED) is 0.829. The molecule has 2 rings (SSSR count). The highest BCUT2D eigenvalue weighted by molar-refractivity contribution is 6.01. The normalized spacial score (nSPS) is 11.4. The molecule has 23 heavy (non-hydrogen) atoms. The Morgan fingerprint density at radius 2 is 1.96 bits per heavy atom. The van der Waals surface area contributed by atoms with Gasteiger partial charge in [0, 0.05) is 11.8 Å². The third-order valence-corrected chi connectivity index (χ3v) is 3.17. The van der Waals surface area contributed by atoms with E-state index in [4.69, 9.17) is 9.47 Å². The summed E-state index contributed by atoms with van der Waals surface area (Å²) >= 11 is 0. The summed E-state index contributed by atoms with van der Waals surface area (Å²) < 4.78 is 10.1. The number of carbonyl (C=O) groups is 2. The number of nitrogens with zero attached hydrogens (tertiary/aromatic N) is 1. The van der Waals surface area contributed by atoms with Crippen molar-refractivity contribution < 1.29 is 19.1 Å². The number of amides is 1. The molecule has 0 bridgehead atoms. The van der Waals surface area contributed by atoms with Crippen LogP contribution in [0.15, 0.2) is 48.8 Å². The number of alkyl carbamates (subject to hydrolysis) is 1. The highest BCUT2D eigenvalue weighted by Gasteiger charge is 2.19. The molecule has 1 heterocycles. The Hall–Kier alpha value is -2.89. The predicted molar refractivity (Wildman–Crippen MR) is 84.3 cm³/mol. The van der Waals surface area contributed by atoms with Crippen LogP contribution in [0, 0.1) is 0 Å². The first-order chi connectivity index (χ1) is 11.1. The number of pyridine rings is 1. The van der Waals surface area contributed by atoms with Crippen LogP contribution in [0.4, 0.5) is 4.79 Å². The van der Waals surface area contributed by atoms with Crippen molar-refractivity contribution >= 4 is 11.9 Å². The van der Waals surface area contributed by atoms with E-state index >= 15 is 0 Å². The van der Waals surface area contributed by atoms with Crippen LogP contribution in [0.5, 0.6) is 5.75 Å². The minimum Gasteiger partial charge on any atom is -0.495 e. The lowest BCUT2D eigenvalue weighted by molar-refractivity contribution is 0.0926. The highest BCUT2D eigenvalue weighted by Crippen LogP contribution is 2.12. The number of Topliss-reactive ketones (excluding diaryl/α,β-unsaturated/α-hetero) is 1. The van der Waals surface area contributed by atoms with Crippen molar-refractivity contribution in [2.45, 2.75) is 19.6 Å². The van der Waals surface area contributed by atoms with Gasteiger partial charge in [0.25, 0.3) is 0 Å². The second-order valence-corrected chi connectivity index (χ2v) is 4.91. The number of benzene rings is 1. The summed E-state index contributed by atoms with van der Waals surface area (Å²) in [6.07, 6.45) is 2.28. The minimum absolute atomic E-state index is 0.147. The molecule has 0 fully saturated rings. The summed E-state index contributed by atoms with van der Waals surface area (Å²) in [6, 6.07) is 10.1. The van der Waals surface area contributed by atoms with Gasteiger partial charge in [0.05, 0.1) is 19.3 Å². The summed E-state index contributed by atoms with van der Waals surface area (Å²) in [6.45, 7) is 1.74. The Labute approximate surface area is 134 Å². The first-order valence-corrected chi connectivity index (χ1v) is 7.10. The fourth-order valence-electron chi connectivity index (χ4n) is 1.92. The number of hydrogen-bond donors (Lipinski definition) is 1. The average molecular weight is 314 g/mol. The van der Waals surface area contributed by atoms with Crippen molar-refractivity contribution in [2.24, 2.45) is 0 Å². The molecule has 1 amide bonds. The molecule has 0 saturated heterocycles. The molecule has 0 radical (unpaired) electrons. The topological polar surface area (TPSA) is 77.5 Å². The number of ether oxygens (including phenoxy) is 2. The van der Waals surface area contributed by atoms with Crippen molar-refractivity contribution in [1.29, 1.82) is 0 Å². The van der Waals surface area contributed by atoms with Crippen LogP contribution in [0.3, 0.4) is 0 Å². The third-order valence-electron chi connectivity index (χ3n) is 3.17. The summed E-state index contributed by atoms with van der Waals surface area (Å²) in [5, 5.41) is 2.51. The van der Waals surface area contributed by atoms with E-state index in [0.717, 1.165) is 5.56 Å². The van der Waals surface area contributed by atoms with Gasteiger partial charge in [-0.3, -0.25) is 9.78 Å². The summed E-state index contributed by atoms with van der Waals surface area (Å²) in [7, 11) is 1.49. The molecule has 0 unspecified atom stereocenters. The number of ketones is 1. The zero-order valence-corrected chi connectivity index (χ0v) is 13.0. The van der Waals surface area contributed by atoms with E-state index < -0.39 is 12.1 Å². The molecule has 0 spiro atoms. The third kappa shape index (κ3) is 4.81. The van der Waals surface area contributed by atoms with E-state index in [1.807, 2.05) is 30.3 Å². The molecule has 0 aliphatic heterocycles. The van der Waals surface area contributed by atoms with Gasteiger partial charge in [0.15, 0.2) is 5.78 Å². The smallest absolute Gasteiger partial charge is 0.408 e. The Kier molecular flexibility index (Phi) is 5.68. The summed E-state index contributed by atoms with van der Waals surface area (Å²) in [5.74, 6) is 0.211. The summed E-state index contributed by atoms with van der Waals surface area (Å²) in [5.41, 5.74) is 1.24. The van der Waals surface area contributed by atoms with E-state index in [9.17, 15) is 9.59 Å². The van der Waals surface area contributed by atoms with Crippen LogP contribution in [-0.4, -0.2) is 30.0 Å². The van der Waals surface area contributed by atoms with Gasteiger partial charge < -0.3 is 14.8 Å². The predicted octanol–water partition coefficient (Wildman–Crippen LogP) is 2.59. The van der Waals surface area contributed by atoms with Crippen LogP contribution >= 0.6 is 0 Å². The highest BCUT2D eigenvalue weighted by atomic mass is 16.5. The SMILES string of the molecule is COc1cncc(C(=O)[C@H](C)NC(=O)OCc2ccccc2)c1. The second-order valence-electron chi connectivity index (χ2n) is 4.91. The second kappa shape index (κ2) is 7.93. The molecule has 6 nitrogen and oxygen atoms in total. The Morgan fingerprint density at radius 1 is 1.22 bits per heavy atom. The molecular weight excluding hydrogens is 296 g/mol. The van der Waals surface area contributed by atoms with Gasteiger partial charge >= 0.3 is 6.09 Å². The van der Waals surface area contributed by atoms with Crippen molar-refractivity contribution in [3.8, 4) is 5.75 Å². The standard InChI is InChI=1S/C17H18N2O4/c1-12(16(20)14-8-15(22-2)10-18-9-14)19-17(21)23-11-13-6-4-3-5-7-13/h3-10,12H,11H2,1-2H3,(H,19,21)/t12-/m0/s1. The Morgan fingerprint density at radius 3 is 2.65 bits per heavy atom. The molecule has 2 aromatic rings. The molecular formula is C17H18N2O4. The Bertz CT molecular complexity index is 673. The molecule has 0 saturated carbocycles. The number of aromatic nitrogens is 1. The fourth-order valence-corrected chi connectivity index (χ4v) is 1.92. The molecule has 120 valence electrons. The minimum atomic E-state index is -0.729. The maximum absolute atomic E-state index is 12.3. The molecule has 1 aromatic heterocycles. The van der Waals surface area contributed by atoms with Crippen LogP contribution in [0.1, 0.15) is 22.8 Å². The first kappa shape index (κ1) is 16.5. The zero-order chi connectivity index (χ0) is 16.7. The van der Waals surface area contributed by atoms with Gasteiger partial charge in [-0.25, -0.2) is 4.79 Å². The summed E-state index contributed by atoms with van der Waals surface area (Å²) in [4.78, 5) is 27.9. The monoisotopic (exact) mass is 314 g/mol. The van der Waals surface area contributed by atoms with E-state index in [0.29, 0.717) is 11.3 Å². The van der Waals surface area contributed by atoms with Gasteiger partial charge in [-0.1, -0.05) is 30.3 Å². The van der Waals surface area contributed by atoms with E-state index in [-0.39, 0.29) is 12.4 Å². The van der Waals surface area contributed by atoms with Crippen molar-refractivity contribution in [3.63, 3.8) is 0 Å². The molecule has 1 aromatic carbocycles. The van der Waals surface area contributed by atoms with Crippen molar-refractivity contribution in [1.82, 2.24) is 10.3 Å². The molecule has 6 heteroatoms. The maximum Gasteiger partial charge on any atom is 0.408 e. The number of nitrogens with one attached hydrogen (secondary N) is 1. The lowest BCUT2D eigenvalue weighted by atomic mass is 10.1. The molecule has 0 aliphatic carbocycles. The van der Waals surface area contributed by atoms with Crippen LogP contribution < -0.4 is 10.1 Å². The van der Waals surface area contributed by atoms with Crippen LogP contribution in [-0.2, 0) is 11.3 Å². The van der Waals surface area contributed by atoms with Crippen LogP contribution in [0.25, 0.3) is 0 Å². The lowest BCUT2D eigenvalue weighted by Gasteiger charge is -2.13. The molecule has 0 aliphatic rings. The van der Waals surface area contributed by atoms with Gasteiger partial charge in [0.1, 0.15) is 12.4 Å². The zero-order valence-electron chi connectivity index (χ0n) is 13.0. The van der Waals surface area contributed by atoms with Gasteiger partial charge in [-0.15, -0.1) is 0 Å².